The Kier molecular flexibility index (Phi) is 2.51. The van der Waals surface area contributed by atoms with Crippen LogP contribution in [0.4, 0.5) is 4.39 Å². The predicted molar refractivity (Wildman–Crippen MR) is 58.2 cm³/mol. The Balaban J connectivity index is 2.17. The third-order valence-corrected chi connectivity index (χ3v) is 3.72. The van der Waals surface area contributed by atoms with Crippen molar-refractivity contribution in [1.82, 2.24) is 10.3 Å². The minimum absolute atomic E-state index is 0.208. The standard InChI is InChI=1S/C12H17FN2/c1-12(2)9(6-11(12)14-3)10-5-4-8(13)7-15-10/h4-5,7,9,11,14H,6H2,1-3H3. The molecule has 3 heteroatoms. The van der Waals surface area contributed by atoms with Crippen LogP contribution in [-0.2, 0) is 0 Å². The van der Waals surface area contributed by atoms with Crippen LogP contribution >= 0.6 is 0 Å². The van der Waals surface area contributed by atoms with Crippen molar-refractivity contribution in [1.29, 1.82) is 0 Å². The van der Waals surface area contributed by atoms with Gasteiger partial charge in [-0.2, -0.15) is 0 Å². The van der Waals surface area contributed by atoms with Crippen molar-refractivity contribution in [2.45, 2.75) is 32.2 Å². The highest BCUT2D eigenvalue weighted by Crippen LogP contribution is 2.51. The molecule has 0 aromatic carbocycles. The van der Waals surface area contributed by atoms with Gasteiger partial charge in [0.1, 0.15) is 5.82 Å². The average molecular weight is 208 g/mol. The topological polar surface area (TPSA) is 24.9 Å². The number of pyridine rings is 1. The minimum Gasteiger partial charge on any atom is -0.316 e. The summed E-state index contributed by atoms with van der Waals surface area (Å²) in [5.41, 5.74) is 1.22. The van der Waals surface area contributed by atoms with E-state index in [0.717, 1.165) is 12.1 Å². The van der Waals surface area contributed by atoms with E-state index in [1.165, 1.54) is 12.3 Å². The summed E-state index contributed by atoms with van der Waals surface area (Å²) in [6, 6.07) is 3.83. The molecule has 1 aliphatic rings. The zero-order chi connectivity index (χ0) is 11.1. The molecular formula is C12H17FN2. The summed E-state index contributed by atoms with van der Waals surface area (Å²) in [7, 11) is 1.99. The van der Waals surface area contributed by atoms with Gasteiger partial charge in [-0.15, -0.1) is 0 Å². The van der Waals surface area contributed by atoms with Gasteiger partial charge in [-0.25, -0.2) is 4.39 Å². The van der Waals surface area contributed by atoms with E-state index in [0.29, 0.717) is 12.0 Å². The van der Waals surface area contributed by atoms with Crippen molar-refractivity contribution in [3.63, 3.8) is 0 Å². The molecule has 0 radical (unpaired) electrons. The van der Waals surface area contributed by atoms with Gasteiger partial charge in [0.15, 0.2) is 0 Å². The maximum absolute atomic E-state index is 12.7. The first-order valence-corrected chi connectivity index (χ1v) is 5.34. The van der Waals surface area contributed by atoms with Gasteiger partial charge in [-0.05, 0) is 31.0 Å². The van der Waals surface area contributed by atoms with Crippen LogP contribution < -0.4 is 5.32 Å². The first kappa shape index (κ1) is 10.6. The third-order valence-electron chi connectivity index (χ3n) is 3.72. The van der Waals surface area contributed by atoms with Gasteiger partial charge in [0, 0.05) is 17.7 Å². The van der Waals surface area contributed by atoms with Crippen LogP contribution in [0, 0.1) is 11.2 Å². The lowest BCUT2D eigenvalue weighted by atomic mass is 9.57. The van der Waals surface area contributed by atoms with Gasteiger partial charge in [0.2, 0.25) is 0 Å². The molecule has 15 heavy (non-hydrogen) atoms. The van der Waals surface area contributed by atoms with Crippen molar-refractivity contribution >= 4 is 0 Å². The summed E-state index contributed by atoms with van der Waals surface area (Å²) in [6.07, 6.45) is 2.39. The lowest BCUT2D eigenvalue weighted by Crippen LogP contribution is -2.54. The molecule has 1 N–H and O–H groups in total. The Morgan fingerprint density at radius 2 is 2.20 bits per heavy atom. The largest absolute Gasteiger partial charge is 0.316 e. The second-order valence-electron chi connectivity index (χ2n) is 4.85. The molecule has 82 valence electrons. The quantitative estimate of drug-likeness (QED) is 0.806. The second kappa shape index (κ2) is 3.56. The highest BCUT2D eigenvalue weighted by Gasteiger charge is 2.48. The summed E-state index contributed by atoms with van der Waals surface area (Å²) in [5.74, 6) is 0.177. The lowest BCUT2D eigenvalue weighted by Gasteiger charge is -2.51. The Morgan fingerprint density at radius 1 is 1.47 bits per heavy atom. The number of aromatic nitrogens is 1. The summed E-state index contributed by atoms with van der Waals surface area (Å²) >= 11 is 0. The van der Waals surface area contributed by atoms with E-state index in [9.17, 15) is 4.39 Å². The van der Waals surface area contributed by atoms with Gasteiger partial charge in [0.05, 0.1) is 6.20 Å². The first-order valence-electron chi connectivity index (χ1n) is 5.34. The van der Waals surface area contributed by atoms with Gasteiger partial charge < -0.3 is 5.32 Å². The summed E-state index contributed by atoms with van der Waals surface area (Å²) in [5, 5.41) is 3.30. The summed E-state index contributed by atoms with van der Waals surface area (Å²) in [4.78, 5) is 4.16. The van der Waals surface area contributed by atoms with E-state index >= 15 is 0 Å². The zero-order valence-corrected chi connectivity index (χ0v) is 9.42. The maximum atomic E-state index is 12.7. The van der Waals surface area contributed by atoms with Crippen LogP contribution in [0.2, 0.25) is 0 Å². The summed E-state index contributed by atoms with van der Waals surface area (Å²) < 4.78 is 12.7. The number of rotatable bonds is 2. The van der Waals surface area contributed by atoms with Crippen molar-refractivity contribution in [2.75, 3.05) is 7.05 Å². The third kappa shape index (κ3) is 1.65. The number of nitrogens with zero attached hydrogens (tertiary/aromatic N) is 1. The molecule has 0 aliphatic heterocycles. The van der Waals surface area contributed by atoms with Crippen molar-refractivity contribution in [3.8, 4) is 0 Å². The van der Waals surface area contributed by atoms with Crippen molar-refractivity contribution in [2.24, 2.45) is 5.41 Å². The number of halogens is 1. The van der Waals surface area contributed by atoms with Crippen LogP contribution in [0.5, 0.6) is 0 Å². The smallest absolute Gasteiger partial charge is 0.141 e. The molecular weight excluding hydrogens is 191 g/mol. The zero-order valence-electron chi connectivity index (χ0n) is 9.42. The van der Waals surface area contributed by atoms with E-state index in [-0.39, 0.29) is 11.2 Å². The summed E-state index contributed by atoms with van der Waals surface area (Å²) in [6.45, 7) is 4.46. The predicted octanol–water partition coefficient (Wildman–Crippen LogP) is 2.32. The van der Waals surface area contributed by atoms with Crippen LogP contribution in [-0.4, -0.2) is 18.1 Å². The molecule has 2 nitrogen and oxygen atoms in total. The van der Waals surface area contributed by atoms with E-state index in [1.54, 1.807) is 6.07 Å². The fraction of sp³-hybridized carbons (Fsp3) is 0.583. The van der Waals surface area contributed by atoms with Crippen molar-refractivity contribution in [3.05, 3.63) is 29.8 Å². The minimum atomic E-state index is -0.263. The Labute approximate surface area is 89.9 Å². The molecule has 2 atom stereocenters. The van der Waals surface area contributed by atoms with Gasteiger partial charge >= 0.3 is 0 Å². The molecule has 2 unspecified atom stereocenters. The molecule has 1 fully saturated rings. The van der Waals surface area contributed by atoms with E-state index in [1.807, 2.05) is 7.05 Å². The van der Waals surface area contributed by atoms with Crippen LogP contribution in [0.1, 0.15) is 31.9 Å². The normalized spacial score (nSPS) is 28.5. The highest BCUT2D eigenvalue weighted by atomic mass is 19.1. The van der Waals surface area contributed by atoms with E-state index in [2.05, 4.69) is 24.1 Å². The fourth-order valence-electron chi connectivity index (χ4n) is 2.51. The highest BCUT2D eigenvalue weighted by molar-refractivity contribution is 5.21. The Morgan fingerprint density at radius 3 is 2.67 bits per heavy atom. The van der Waals surface area contributed by atoms with E-state index in [4.69, 9.17) is 0 Å². The molecule has 1 saturated carbocycles. The Hall–Kier alpha value is -0.960. The van der Waals surface area contributed by atoms with Gasteiger partial charge in [0.25, 0.3) is 0 Å². The van der Waals surface area contributed by atoms with Crippen LogP contribution in [0.25, 0.3) is 0 Å². The van der Waals surface area contributed by atoms with Gasteiger partial charge in [-0.1, -0.05) is 13.8 Å². The van der Waals surface area contributed by atoms with Crippen molar-refractivity contribution < 1.29 is 4.39 Å². The van der Waals surface area contributed by atoms with Crippen LogP contribution in [0.3, 0.4) is 0 Å². The van der Waals surface area contributed by atoms with Crippen LogP contribution in [0.15, 0.2) is 18.3 Å². The SMILES string of the molecule is CNC1CC(c2ccc(F)cn2)C1(C)C. The van der Waals surface area contributed by atoms with Gasteiger partial charge in [-0.3, -0.25) is 4.98 Å². The molecule has 0 spiro atoms. The molecule has 1 heterocycles. The molecule has 0 saturated heterocycles. The second-order valence-corrected chi connectivity index (χ2v) is 4.85. The Bertz CT molecular complexity index is 345. The number of hydrogen-bond donors (Lipinski definition) is 1. The maximum Gasteiger partial charge on any atom is 0.141 e. The fourth-order valence-corrected chi connectivity index (χ4v) is 2.51. The first-order chi connectivity index (χ1) is 7.05. The number of hydrogen-bond acceptors (Lipinski definition) is 2. The van der Waals surface area contributed by atoms with E-state index < -0.39 is 0 Å². The molecule has 0 amide bonds. The molecule has 1 aromatic rings. The molecule has 1 aliphatic carbocycles. The molecule has 0 bridgehead atoms. The average Bonchev–Trinajstić information content (AvgIpc) is 2.20. The monoisotopic (exact) mass is 208 g/mol. The number of nitrogens with one attached hydrogen (secondary N) is 1. The molecule has 1 aromatic heterocycles. The lowest BCUT2D eigenvalue weighted by molar-refractivity contribution is 0.0724. The molecule has 2 rings (SSSR count).